The van der Waals surface area contributed by atoms with Gasteiger partial charge in [-0.15, -0.1) is 10.2 Å². The molecule has 0 bridgehead atoms. The van der Waals surface area contributed by atoms with Crippen molar-refractivity contribution in [1.82, 2.24) is 15.2 Å². The molecule has 1 aliphatic rings. The van der Waals surface area contributed by atoms with E-state index in [1.165, 1.54) is 0 Å². The Kier molecular flexibility index (Phi) is 3.92. The minimum absolute atomic E-state index is 0.0829. The van der Waals surface area contributed by atoms with Crippen molar-refractivity contribution in [2.75, 3.05) is 16.8 Å². The summed E-state index contributed by atoms with van der Waals surface area (Å²) in [6, 6.07) is 2.81. The van der Waals surface area contributed by atoms with E-state index in [0.717, 1.165) is 0 Å². The molecule has 25 heavy (non-hydrogen) atoms. The molecule has 0 fully saturated rings. The lowest BCUT2D eigenvalue weighted by atomic mass is 10.1. The van der Waals surface area contributed by atoms with Crippen LogP contribution in [0.15, 0.2) is 18.2 Å². The maximum Gasteiger partial charge on any atom is 0.336 e. The second kappa shape index (κ2) is 6.06. The molecule has 4 amide bonds. The first-order valence-electron chi connectivity index (χ1n) is 6.71. The zero-order chi connectivity index (χ0) is 18.1. The summed E-state index contributed by atoms with van der Waals surface area (Å²) in [6.07, 6.45) is 0. The van der Waals surface area contributed by atoms with Gasteiger partial charge in [0.15, 0.2) is 17.3 Å². The first-order chi connectivity index (χ1) is 11.9. The van der Waals surface area contributed by atoms with Gasteiger partial charge in [-0.3, -0.25) is 0 Å². The van der Waals surface area contributed by atoms with Crippen molar-refractivity contribution < 1.29 is 19.1 Å². The van der Waals surface area contributed by atoms with Crippen LogP contribution >= 0.6 is 0 Å². The second-order valence-corrected chi connectivity index (χ2v) is 4.77. The van der Waals surface area contributed by atoms with E-state index >= 15 is 0 Å². The Balaban J connectivity index is 2.12. The number of primary amides is 2. The molecule has 1 aromatic heterocycles. The van der Waals surface area contributed by atoms with Gasteiger partial charge in [-0.25, -0.2) is 26.3 Å². The fourth-order valence-electron chi connectivity index (χ4n) is 2.01. The predicted molar refractivity (Wildman–Crippen MR) is 83.9 cm³/mol. The van der Waals surface area contributed by atoms with Crippen molar-refractivity contribution in [1.29, 1.82) is 0 Å². The van der Waals surface area contributed by atoms with E-state index in [2.05, 4.69) is 15.2 Å². The summed E-state index contributed by atoms with van der Waals surface area (Å²) in [5, 5.41) is 8.59. The number of hydrogen-bond donors (Lipinski definition) is 4. The standard InChI is InChI=1S/C12H13N9O4/c13-10(22)20(15)9-8(18-19-12(17-9)21(16)11(14)23)5-1-2-6-7(3-5)25-4-24-6/h1-3H,4,15-16H2,(H2,13,22)(H2,14,23). The largest absolute Gasteiger partial charge is 0.454 e. The summed E-state index contributed by atoms with van der Waals surface area (Å²) in [6.45, 7) is 0.0829. The number of fused-ring (bicyclic) bond motifs is 1. The fourth-order valence-corrected chi connectivity index (χ4v) is 2.01. The van der Waals surface area contributed by atoms with Crippen molar-refractivity contribution in [2.24, 2.45) is 23.2 Å². The quantitative estimate of drug-likeness (QED) is 0.298. The summed E-state index contributed by atoms with van der Waals surface area (Å²) >= 11 is 0. The van der Waals surface area contributed by atoms with Gasteiger partial charge in [0.2, 0.25) is 6.79 Å². The van der Waals surface area contributed by atoms with Gasteiger partial charge in [-0.2, -0.15) is 9.99 Å². The maximum atomic E-state index is 11.4. The molecule has 130 valence electrons. The molecule has 13 nitrogen and oxygen atoms in total. The van der Waals surface area contributed by atoms with Crippen molar-refractivity contribution in [3.63, 3.8) is 0 Å². The van der Waals surface area contributed by atoms with Crippen molar-refractivity contribution in [3.05, 3.63) is 18.2 Å². The lowest BCUT2D eigenvalue weighted by Gasteiger charge is -2.18. The van der Waals surface area contributed by atoms with Gasteiger partial charge in [-0.05, 0) is 18.2 Å². The van der Waals surface area contributed by atoms with Gasteiger partial charge >= 0.3 is 12.1 Å². The fraction of sp³-hybridized carbons (Fsp3) is 0.0833. The molecule has 2 aromatic rings. The van der Waals surface area contributed by atoms with Crippen LogP contribution in [0.2, 0.25) is 0 Å². The number of nitrogens with zero attached hydrogens (tertiary/aromatic N) is 5. The van der Waals surface area contributed by atoms with Crippen molar-refractivity contribution in [2.45, 2.75) is 0 Å². The number of ether oxygens (including phenoxy) is 2. The van der Waals surface area contributed by atoms with Crippen LogP contribution in [0.4, 0.5) is 21.4 Å². The van der Waals surface area contributed by atoms with Crippen LogP contribution in [0.5, 0.6) is 11.5 Å². The Morgan fingerprint density at radius 1 is 1.00 bits per heavy atom. The molecule has 0 spiro atoms. The molecule has 1 aromatic carbocycles. The van der Waals surface area contributed by atoms with Crippen molar-refractivity contribution in [3.8, 4) is 22.8 Å². The van der Waals surface area contributed by atoms with Gasteiger partial charge in [0, 0.05) is 5.56 Å². The van der Waals surface area contributed by atoms with Crippen LogP contribution in [0, 0.1) is 0 Å². The number of aromatic nitrogens is 3. The number of urea groups is 2. The summed E-state index contributed by atoms with van der Waals surface area (Å²) in [5.74, 6) is 11.5. The molecule has 1 aliphatic heterocycles. The molecule has 2 heterocycles. The zero-order valence-electron chi connectivity index (χ0n) is 12.6. The normalized spacial score (nSPS) is 11.9. The summed E-state index contributed by atoms with van der Waals surface area (Å²) < 4.78 is 10.5. The number of nitrogens with two attached hydrogens (primary N) is 4. The molecule has 0 atom stereocenters. The number of amides is 4. The second-order valence-electron chi connectivity index (χ2n) is 4.77. The van der Waals surface area contributed by atoms with Crippen LogP contribution in [-0.4, -0.2) is 34.0 Å². The number of carbonyl (C=O) groups is 2. The lowest BCUT2D eigenvalue weighted by Crippen LogP contribution is -2.45. The summed E-state index contributed by atoms with van der Waals surface area (Å²) in [4.78, 5) is 26.5. The number of anilines is 2. The minimum Gasteiger partial charge on any atom is -0.454 e. The third kappa shape index (κ3) is 2.91. The van der Waals surface area contributed by atoms with Crippen LogP contribution in [0.25, 0.3) is 11.3 Å². The summed E-state index contributed by atoms with van der Waals surface area (Å²) in [5.41, 5.74) is 10.8. The molecule has 0 radical (unpaired) electrons. The van der Waals surface area contributed by atoms with E-state index in [4.69, 9.17) is 32.6 Å². The molecule has 0 saturated carbocycles. The topological polar surface area (TPSA) is 202 Å². The Hall–Kier alpha value is -3.71. The van der Waals surface area contributed by atoms with Crippen LogP contribution in [-0.2, 0) is 0 Å². The molecule has 0 unspecified atom stereocenters. The molecule has 0 aliphatic carbocycles. The van der Waals surface area contributed by atoms with E-state index in [1.807, 2.05) is 0 Å². The highest BCUT2D eigenvalue weighted by molar-refractivity contribution is 5.93. The number of hydrogen-bond acceptors (Lipinski definition) is 9. The predicted octanol–water partition coefficient (Wildman–Crippen LogP) is -1.22. The number of hydrazine groups is 2. The molecule has 8 N–H and O–H groups in total. The van der Waals surface area contributed by atoms with E-state index in [1.54, 1.807) is 18.2 Å². The van der Waals surface area contributed by atoms with Gasteiger partial charge in [0.1, 0.15) is 5.69 Å². The molecule has 3 rings (SSSR count). The zero-order valence-corrected chi connectivity index (χ0v) is 12.6. The first-order valence-corrected chi connectivity index (χ1v) is 6.71. The highest BCUT2D eigenvalue weighted by Crippen LogP contribution is 2.37. The smallest absolute Gasteiger partial charge is 0.336 e. The Morgan fingerprint density at radius 3 is 2.36 bits per heavy atom. The SMILES string of the molecule is NC(=O)N(N)c1nnc(-c2ccc3c(c2)OCO3)c(N(N)C(N)=O)n1. The molecule has 0 saturated heterocycles. The van der Waals surface area contributed by atoms with Crippen molar-refractivity contribution >= 4 is 23.8 Å². The van der Waals surface area contributed by atoms with E-state index in [-0.39, 0.29) is 24.3 Å². The average Bonchev–Trinajstić information content (AvgIpc) is 3.07. The van der Waals surface area contributed by atoms with Crippen LogP contribution in [0.3, 0.4) is 0 Å². The van der Waals surface area contributed by atoms with Crippen LogP contribution < -0.4 is 42.6 Å². The number of rotatable bonds is 3. The third-order valence-corrected chi connectivity index (χ3v) is 3.22. The Labute approximate surface area is 140 Å². The van der Waals surface area contributed by atoms with Crippen LogP contribution in [0.1, 0.15) is 0 Å². The summed E-state index contributed by atoms with van der Waals surface area (Å²) in [7, 11) is 0. The highest BCUT2D eigenvalue weighted by Gasteiger charge is 2.23. The Bertz CT molecular complexity index is 858. The van der Waals surface area contributed by atoms with E-state index in [0.29, 0.717) is 27.1 Å². The average molecular weight is 347 g/mol. The lowest BCUT2D eigenvalue weighted by molar-refractivity contribution is 0.174. The van der Waals surface area contributed by atoms with Gasteiger partial charge in [0.25, 0.3) is 5.95 Å². The van der Waals surface area contributed by atoms with Gasteiger partial charge in [0.05, 0.1) is 0 Å². The number of carbonyl (C=O) groups excluding carboxylic acids is 2. The van der Waals surface area contributed by atoms with E-state index < -0.39 is 12.1 Å². The third-order valence-electron chi connectivity index (χ3n) is 3.22. The molecular formula is C12H13N9O4. The molecule has 13 heteroatoms. The van der Waals surface area contributed by atoms with Gasteiger partial charge in [-0.1, -0.05) is 0 Å². The highest BCUT2D eigenvalue weighted by atomic mass is 16.7. The minimum atomic E-state index is -1.04. The van der Waals surface area contributed by atoms with Gasteiger partial charge < -0.3 is 20.9 Å². The van der Waals surface area contributed by atoms with E-state index in [9.17, 15) is 9.59 Å². The monoisotopic (exact) mass is 347 g/mol. The first kappa shape index (κ1) is 16.2. The maximum absolute atomic E-state index is 11.4. The Morgan fingerprint density at radius 2 is 1.68 bits per heavy atom. The molecular weight excluding hydrogens is 334 g/mol. The number of benzene rings is 1.